The molecule has 0 unspecified atom stereocenters. The zero-order valence-corrected chi connectivity index (χ0v) is 6.31. The molecule has 0 radical (unpaired) electrons. The van der Waals surface area contributed by atoms with E-state index in [9.17, 15) is 4.79 Å². The molecule has 1 aliphatic rings. The summed E-state index contributed by atoms with van der Waals surface area (Å²) in [6.45, 7) is 9.49. The number of carbonyl (C=O) groups excluding carboxylic acids is 1. The van der Waals surface area contributed by atoms with Crippen molar-refractivity contribution in [2.45, 2.75) is 19.8 Å². The van der Waals surface area contributed by atoms with Crippen LogP contribution in [0, 0.1) is 5.92 Å². The van der Waals surface area contributed by atoms with E-state index in [0.29, 0.717) is 5.92 Å². The van der Waals surface area contributed by atoms with Gasteiger partial charge in [-0.2, -0.15) is 0 Å². The van der Waals surface area contributed by atoms with Gasteiger partial charge in [0.2, 0.25) is 0 Å². The lowest BCUT2D eigenvalue weighted by atomic mass is 9.84. The fourth-order valence-corrected chi connectivity index (χ4v) is 1.35. The van der Waals surface area contributed by atoms with Crippen molar-refractivity contribution in [1.29, 1.82) is 0 Å². The molecule has 0 amide bonds. The van der Waals surface area contributed by atoms with E-state index >= 15 is 0 Å². The molecular formula is C9H12O. The molecule has 0 aromatic heterocycles. The predicted octanol–water partition coefficient (Wildman–Crippen LogP) is 2.10. The van der Waals surface area contributed by atoms with Gasteiger partial charge in [0.15, 0.2) is 5.78 Å². The van der Waals surface area contributed by atoms with E-state index in [1.54, 1.807) is 0 Å². The summed E-state index contributed by atoms with van der Waals surface area (Å²) < 4.78 is 0. The summed E-state index contributed by atoms with van der Waals surface area (Å²) in [6, 6.07) is 0. The van der Waals surface area contributed by atoms with Gasteiger partial charge in [-0.05, 0) is 29.9 Å². The van der Waals surface area contributed by atoms with E-state index < -0.39 is 0 Å². The molecule has 1 rings (SSSR count). The van der Waals surface area contributed by atoms with Gasteiger partial charge in [-0.3, -0.25) is 4.79 Å². The number of Topliss-reactive ketones (excluding diaryl/α,β-unsaturated/α-hetero) is 1. The zero-order chi connectivity index (χ0) is 7.72. The van der Waals surface area contributed by atoms with E-state index in [1.807, 2.05) is 0 Å². The first-order valence-electron chi connectivity index (χ1n) is 3.51. The predicted molar refractivity (Wildman–Crippen MR) is 41.7 cm³/mol. The quantitative estimate of drug-likeness (QED) is 0.466. The second kappa shape index (κ2) is 2.41. The van der Waals surface area contributed by atoms with Crippen LogP contribution in [-0.4, -0.2) is 5.78 Å². The average molecular weight is 136 g/mol. The molecule has 0 spiro atoms. The van der Waals surface area contributed by atoms with Crippen LogP contribution in [0.1, 0.15) is 19.8 Å². The monoisotopic (exact) mass is 136 g/mol. The molecule has 1 aliphatic carbocycles. The van der Waals surface area contributed by atoms with Gasteiger partial charge in [0.05, 0.1) is 0 Å². The van der Waals surface area contributed by atoms with Crippen molar-refractivity contribution in [2.24, 2.45) is 5.92 Å². The van der Waals surface area contributed by atoms with Crippen LogP contribution in [0.2, 0.25) is 0 Å². The van der Waals surface area contributed by atoms with Crippen LogP contribution in [0.4, 0.5) is 0 Å². The topological polar surface area (TPSA) is 17.1 Å². The smallest absolute Gasteiger partial charge is 0.183 e. The minimum absolute atomic E-state index is 0.0816. The van der Waals surface area contributed by atoms with E-state index in [0.717, 1.165) is 24.0 Å². The summed E-state index contributed by atoms with van der Waals surface area (Å²) in [5.74, 6) is 0.635. The largest absolute Gasteiger partial charge is 0.289 e. The van der Waals surface area contributed by atoms with Crippen molar-refractivity contribution in [3.8, 4) is 0 Å². The molecule has 0 heterocycles. The molecule has 1 heteroatoms. The number of carbonyl (C=O) groups is 1. The fraction of sp³-hybridized carbons (Fsp3) is 0.444. The Morgan fingerprint density at radius 1 is 1.30 bits per heavy atom. The zero-order valence-electron chi connectivity index (χ0n) is 6.31. The molecular weight excluding hydrogens is 124 g/mol. The molecule has 0 saturated heterocycles. The third-order valence-corrected chi connectivity index (χ3v) is 1.83. The Morgan fingerprint density at radius 2 is 1.70 bits per heavy atom. The number of hydrogen-bond donors (Lipinski definition) is 0. The van der Waals surface area contributed by atoms with Gasteiger partial charge < -0.3 is 0 Å². The Labute approximate surface area is 61.4 Å². The van der Waals surface area contributed by atoms with Gasteiger partial charge in [-0.25, -0.2) is 0 Å². The number of allylic oxidation sites excluding steroid dienone is 2. The minimum Gasteiger partial charge on any atom is -0.289 e. The van der Waals surface area contributed by atoms with Crippen molar-refractivity contribution in [3.05, 3.63) is 24.3 Å². The lowest BCUT2D eigenvalue weighted by molar-refractivity contribution is -0.113. The summed E-state index contributed by atoms with van der Waals surface area (Å²) >= 11 is 0. The SMILES string of the molecule is C=C1CC(C)CC(=C)C1=O. The minimum atomic E-state index is 0.0816. The normalized spacial score (nSPS) is 21.9. The molecule has 0 bridgehead atoms. The summed E-state index contributed by atoms with van der Waals surface area (Å²) in [5.41, 5.74) is 1.45. The van der Waals surface area contributed by atoms with Crippen LogP contribution in [0.15, 0.2) is 24.3 Å². The maximum absolute atomic E-state index is 11.1. The van der Waals surface area contributed by atoms with Crippen LogP contribution in [0.3, 0.4) is 0 Å². The highest BCUT2D eigenvalue weighted by atomic mass is 16.1. The average Bonchev–Trinajstić information content (AvgIpc) is 1.82. The molecule has 0 aliphatic heterocycles. The van der Waals surface area contributed by atoms with Gasteiger partial charge >= 0.3 is 0 Å². The first kappa shape index (κ1) is 7.26. The van der Waals surface area contributed by atoms with E-state index in [1.165, 1.54) is 0 Å². The Hall–Kier alpha value is -0.850. The van der Waals surface area contributed by atoms with Crippen LogP contribution >= 0.6 is 0 Å². The van der Waals surface area contributed by atoms with Gasteiger partial charge in [0.25, 0.3) is 0 Å². The second-order valence-electron chi connectivity index (χ2n) is 3.05. The van der Waals surface area contributed by atoms with Crippen molar-refractivity contribution in [1.82, 2.24) is 0 Å². The summed E-state index contributed by atoms with van der Waals surface area (Å²) in [5, 5.41) is 0. The molecule has 0 aromatic rings. The van der Waals surface area contributed by atoms with Crippen LogP contribution in [0.25, 0.3) is 0 Å². The Morgan fingerprint density at radius 3 is 2.10 bits per heavy atom. The van der Waals surface area contributed by atoms with Gasteiger partial charge in [0.1, 0.15) is 0 Å². The maximum Gasteiger partial charge on any atom is 0.183 e. The van der Waals surface area contributed by atoms with E-state index in [2.05, 4.69) is 20.1 Å². The van der Waals surface area contributed by atoms with Crippen LogP contribution in [0.5, 0.6) is 0 Å². The molecule has 0 N–H and O–H groups in total. The third kappa shape index (κ3) is 1.18. The standard InChI is InChI=1S/C9H12O/c1-6-4-7(2)9(10)8(3)5-6/h6H,2-5H2,1H3. The van der Waals surface area contributed by atoms with Gasteiger partial charge in [-0.15, -0.1) is 0 Å². The highest BCUT2D eigenvalue weighted by molar-refractivity contribution is 6.08. The fourth-order valence-electron chi connectivity index (χ4n) is 1.35. The number of rotatable bonds is 0. The molecule has 0 atom stereocenters. The Balaban J connectivity index is 2.76. The van der Waals surface area contributed by atoms with Crippen molar-refractivity contribution in [2.75, 3.05) is 0 Å². The summed E-state index contributed by atoms with van der Waals surface area (Å²) in [6.07, 6.45) is 1.69. The van der Waals surface area contributed by atoms with Gasteiger partial charge in [-0.1, -0.05) is 20.1 Å². The highest BCUT2D eigenvalue weighted by Gasteiger charge is 2.21. The number of ketones is 1. The maximum atomic E-state index is 11.1. The van der Waals surface area contributed by atoms with Crippen molar-refractivity contribution < 1.29 is 4.79 Å². The summed E-state index contributed by atoms with van der Waals surface area (Å²) in [7, 11) is 0. The van der Waals surface area contributed by atoms with Crippen LogP contribution in [-0.2, 0) is 4.79 Å². The first-order valence-corrected chi connectivity index (χ1v) is 3.51. The molecule has 1 nitrogen and oxygen atoms in total. The van der Waals surface area contributed by atoms with E-state index in [4.69, 9.17) is 0 Å². The first-order chi connectivity index (χ1) is 4.61. The summed E-state index contributed by atoms with van der Waals surface area (Å²) in [4.78, 5) is 11.1. The Bertz CT molecular complexity index is 181. The Kier molecular flexibility index (Phi) is 1.75. The molecule has 10 heavy (non-hydrogen) atoms. The number of hydrogen-bond acceptors (Lipinski definition) is 1. The molecule has 1 fully saturated rings. The molecule has 54 valence electrons. The lowest BCUT2D eigenvalue weighted by Crippen LogP contribution is -2.16. The van der Waals surface area contributed by atoms with E-state index in [-0.39, 0.29) is 5.78 Å². The van der Waals surface area contributed by atoms with Crippen LogP contribution < -0.4 is 0 Å². The van der Waals surface area contributed by atoms with Gasteiger partial charge in [0, 0.05) is 0 Å². The second-order valence-corrected chi connectivity index (χ2v) is 3.05. The lowest BCUT2D eigenvalue weighted by Gasteiger charge is -2.20. The molecule has 1 saturated carbocycles. The third-order valence-electron chi connectivity index (χ3n) is 1.83. The van der Waals surface area contributed by atoms with Crippen molar-refractivity contribution >= 4 is 5.78 Å². The van der Waals surface area contributed by atoms with Crippen molar-refractivity contribution in [3.63, 3.8) is 0 Å². The molecule has 0 aromatic carbocycles. The highest BCUT2D eigenvalue weighted by Crippen LogP contribution is 2.26.